The van der Waals surface area contributed by atoms with Gasteiger partial charge in [-0.2, -0.15) is 5.10 Å². The molecule has 0 aliphatic carbocycles. The van der Waals surface area contributed by atoms with Gasteiger partial charge in [0.2, 0.25) is 0 Å². The maximum atomic E-state index is 14.5. The molecule has 0 radical (unpaired) electrons. The number of halogens is 1. The highest BCUT2D eigenvalue weighted by Crippen LogP contribution is 2.33. The van der Waals surface area contributed by atoms with Crippen molar-refractivity contribution >= 4 is 22.1 Å². The van der Waals surface area contributed by atoms with E-state index in [4.69, 9.17) is 14.7 Å². The fourth-order valence-corrected chi connectivity index (χ4v) is 4.06. The largest absolute Gasteiger partial charge is 0.492 e. The van der Waals surface area contributed by atoms with Crippen LogP contribution in [0.3, 0.4) is 0 Å². The average molecular weight is 496 g/mol. The van der Waals surface area contributed by atoms with Gasteiger partial charge >= 0.3 is 0 Å². The van der Waals surface area contributed by atoms with Crippen molar-refractivity contribution in [1.82, 2.24) is 45.0 Å². The molecule has 0 fully saturated rings. The number of ether oxygens (including phenoxy) is 1. The van der Waals surface area contributed by atoms with Gasteiger partial charge in [-0.1, -0.05) is 0 Å². The van der Waals surface area contributed by atoms with Crippen LogP contribution in [0.4, 0.5) is 4.39 Å². The molecule has 10 nitrogen and oxygen atoms in total. The van der Waals surface area contributed by atoms with Gasteiger partial charge in [0.1, 0.15) is 30.0 Å². The van der Waals surface area contributed by atoms with Crippen LogP contribution in [0.15, 0.2) is 61.4 Å². The van der Waals surface area contributed by atoms with Gasteiger partial charge in [0, 0.05) is 42.3 Å². The van der Waals surface area contributed by atoms with Crippen LogP contribution in [0.2, 0.25) is 0 Å². The van der Waals surface area contributed by atoms with Gasteiger partial charge in [-0.3, -0.25) is 10.1 Å². The molecular formula is C26H22FN9O. The molecule has 0 amide bonds. The highest BCUT2D eigenvalue weighted by molar-refractivity contribution is 5.95. The molecule has 5 aromatic heterocycles. The lowest BCUT2D eigenvalue weighted by molar-refractivity contribution is 0.260. The topological polar surface area (TPSA) is 121 Å². The number of H-pyrrole nitrogens is 2. The van der Waals surface area contributed by atoms with Gasteiger partial charge in [0.25, 0.3) is 0 Å². The summed E-state index contributed by atoms with van der Waals surface area (Å²) in [7, 11) is 3.91. The summed E-state index contributed by atoms with van der Waals surface area (Å²) in [5.41, 5.74) is 6.10. The quantitative estimate of drug-likeness (QED) is 0.340. The fourth-order valence-electron chi connectivity index (χ4n) is 4.06. The van der Waals surface area contributed by atoms with Crippen LogP contribution in [-0.2, 0) is 0 Å². The second-order valence-electron chi connectivity index (χ2n) is 8.79. The van der Waals surface area contributed by atoms with Crippen molar-refractivity contribution in [3.8, 4) is 39.7 Å². The molecule has 0 atom stereocenters. The molecule has 6 rings (SSSR count). The molecule has 0 saturated carbocycles. The van der Waals surface area contributed by atoms with Crippen LogP contribution in [0.25, 0.3) is 56.0 Å². The van der Waals surface area contributed by atoms with E-state index in [1.165, 1.54) is 18.5 Å². The number of nitrogens with one attached hydrogen (secondary N) is 2. The van der Waals surface area contributed by atoms with Crippen LogP contribution in [-0.4, -0.2) is 72.2 Å². The number of pyridine rings is 2. The van der Waals surface area contributed by atoms with Crippen LogP contribution in [0.1, 0.15) is 0 Å². The summed E-state index contributed by atoms with van der Waals surface area (Å²) in [6, 6.07) is 8.40. The zero-order valence-electron chi connectivity index (χ0n) is 20.1. The number of imidazole rings is 1. The lowest BCUT2D eigenvalue weighted by atomic mass is 10.1. The summed E-state index contributed by atoms with van der Waals surface area (Å²) in [5.74, 6) is 0.567. The Balaban J connectivity index is 1.41. The summed E-state index contributed by atoms with van der Waals surface area (Å²) in [6.07, 6.45) is 8.23. The summed E-state index contributed by atoms with van der Waals surface area (Å²) < 4.78 is 20.3. The Hall–Kier alpha value is -4.77. The van der Waals surface area contributed by atoms with Crippen LogP contribution < -0.4 is 4.74 Å². The molecule has 1 aromatic carbocycles. The third-order valence-corrected chi connectivity index (χ3v) is 5.87. The summed E-state index contributed by atoms with van der Waals surface area (Å²) >= 11 is 0. The van der Waals surface area contributed by atoms with Crippen molar-refractivity contribution in [1.29, 1.82) is 0 Å². The molecule has 0 bridgehead atoms. The van der Waals surface area contributed by atoms with E-state index in [1.807, 2.05) is 31.1 Å². The fraction of sp³-hybridized carbons (Fsp3) is 0.154. The molecule has 2 N–H and O–H groups in total. The van der Waals surface area contributed by atoms with Crippen LogP contribution in [0, 0.1) is 5.82 Å². The Morgan fingerprint density at radius 3 is 2.59 bits per heavy atom. The van der Waals surface area contributed by atoms with E-state index in [9.17, 15) is 4.39 Å². The number of hydrogen-bond donors (Lipinski definition) is 2. The second-order valence-corrected chi connectivity index (χ2v) is 8.79. The number of rotatable bonds is 7. The summed E-state index contributed by atoms with van der Waals surface area (Å²) in [4.78, 5) is 27.4. The third-order valence-electron chi connectivity index (χ3n) is 5.87. The number of likely N-dealkylation sites (N-methyl/N-ethyl adjacent to an activating group) is 1. The zero-order valence-corrected chi connectivity index (χ0v) is 20.1. The lowest BCUT2D eigenvalue weighted by Gasteiger charge is -2.12. The first-order valence-electron chi connectivity index (χ1n) is 11.6. The molecule has 5 heterocycles. The normalized spacial score (nSPS) is 11.6. The van der Waals surface area contributed by atoms with E-state index in [1.54, 1.807) is 30.9 Å². The van der Waals surface area contributed by atoms with Gasteiger partial charge in [-0.15, -0.1) is 0 Å². The predicted molar refractivity (Wildman–Crippen MR) is 137 cm³/mol. The second kappa shape index (κ2) is 9.36. The third kappa shape index (κ3) is 4.47. The average Bonchev–Trinajstić information content (AvgIpc) is 3.52. The minimum Gasteiger partial charge on any atom is -0.492 e. The molecule has 37 heavy (non-hydrogen) atoms. The Kier molecular flexibility index (Phi) is 5.73. The van der Waals surface area contributed by atoms with Crippen molar-refractivity contribution in [3.63, 3.8) is 0 Å². The molecule has 0 unspecified atom stereocenters. The molecule has 0 aliphatic heterocycles. The molecule has 0 spiro atoms. The highest BCUT2D eigenvalue weighted by Gasteiger charge is 2.18. The number of aromatic nitrogens is 8. The number of hydrogen-bond acceptors (Lipinski definition) is 8. The van der Waals surface area contributed by atoms with Crippen LogP contribution >= 0.6 is 0 Å². The van der Waals surface area contributed by atoms with Gasteiger partial charge in [-0.05, 0) is 43.9 Å². The van der Waals surface area contributed by atoms with E-state index >= 15 is 0 Å². The number of benzene rings is 1. The van der Waals surface area contributed by atoms with Gasteiger partial charge in [0.05, 0.1) is 28.4 Å². The zero-order chi connectivity index (χ0) is 25.4. The molecule has 6 aromatic rings. The standard InChI is InChI=1S/C26H22FN9O/c1-36(2)5-6-37-18-8-15(7-17(27)9-18)19-12-28-13-22-23(19)33-26(32-22)25-24-21(34-35-25)4-3-20(31-24)16-10-29-14-30-11-16/h3-4,7-14H,5-6H2,1-2H3,(H,32,33)(H,34,35). The molecule has 184 valence electrons. The molecule has 0 saturated heterocycles. The smallest absolute Gasteiger partial charge is 0.161 e. The lowest BCUT2D eigenvalue weighted by Crippen LogP contribution is -2.19. The first-order valence-corrected chi connectivity index (χ1v) is 11.6. The Labute approximate surface area is 210 Å². The van der Waals surface area contributed by atoms with Crippen LogP contribution in [0.5, 0.6) is 5.75 Å². The Morgan fingerprint density at radius 2 is 1.76 bits per heavy atom. The van der Waals surface area contributed by atoms with Crippen molar-refractivity contribution in [2.24, 2.45) is 0 Å². The van der Waals surface area contributed by atoms with E-state index in [2.05, 4.69) is 30.1 Å². The first kappa shape index (κ1) is 22.7. The number of fused-ring (bicyclic) bond motifs is 2. The van der Waals surface area contributed by atoms with Crippen molar-refractivity contribution in [3.05, 3.63) is 67.3 Å². The molecule has 11 heteroatoms. The minimum absolute atomic E-state index is 0.398. The number of nitrogens with zero attached hydrogens (tertiary/aromatic N) is 7. The van der Waals surface area contributed by atoms with E-state index in [-0.39, 0.29) is 0 Å². The monoisotopic (exact) mass is 495 g/mol. The first-order chi connectivity index (χ1) is 18.0. The van der Waals surface area contributed by atoms with Gasteiger partial charge < -0.3 is 14.6 Å². The Bertz CT molecular complexity index is 1710. The maximum absolute atomic E-state index is 14.5. The summed E-state index contributed by atoms with van der Waals surface area (Å²) in [5, 5.41) is 7.47. The number of aromatic amines is 2. The summed E-state index contributed by atoms with van der Waals surface area (Å²) in [6.45, 7) is 1.16. The minimum atomic E-state index is -0.398. The van der Waals surface area contributed by atoms with Crippen molar-refractivity contribution in [2.75, 3.05) is 27.2 Å². The Morgan fingerprint density at radius 1 is 0.892 bits per heavy atom. The van der Waals surface area contributed by atoms with Crippen molar-refractivity contribution < 1.29 is 9.13 Å². The van der Waals surface area contributed by atoms with E-state index in [0.717, 1.165) is 23.3 Å². The van der Waals surface area contributed by atoms with E-state index < -0.39 is 5.82 Å². The van der Waals surface area contributed by atoms with Gasteiger partial charge in [0.15, 0.2) is 11.5 Å². The molecule has 0 aliphatic rings. The van der Waals surface area contributed by atoms with E-state index in [0.29, 0.717) is 51.6 Å². The SMILES string of the molecule is CN(C)CCOc1cc(F)cc(-c2cncc3[nH]c(-c4n[nH]c5ccc(-c6cncnc6)nc45)nc23)c1. The maximum Gasteiger partial charge on any atom is 0.161 e. The van der Waals surface area contributed by atoms with Crippen molar-refractivity contribution in [2.45, 2.75) is 0 Å². The van der Waals surface area contributed by atoms with Gasteiger partial charge in [-0.25, -0.2) is 24.3 Å². The highest BCUT2D eigenvalue weighted by atomic mass is 19.1. The molecular weight excluding hydrogens is 473 g/mol. The predicted octanol–water partition coefficient (Wildman–Crippen LogP) is 4.10.